The lowest BCUT2D eigenvalue weighted by Gasteiger charge is -2.06. The van der Waals surface area contributed by atoms with E-state index in [2.05, 4.69) is 31.4 Å². The molecular formula is C12H10BrF2N3O. The van der Waals surface area contributed by atoms with E-state index in [1.807, 2.05) is 6.92 Å². The fourth-order valence-electron chi connectivity index (χ4n) is 1.54. The van der Waals surface area contributed by atoms with Crippen molar-refractivity contribution in [2.24, 2.45) is 0 Å². The quantitative estimate of drug-likeness (QED) is 0.850. The van der Waals surface area contributed by atoms with Crippen molar-refractivity contribution in [3.8, 4) is 0 Å². The molecule has 0 aliphatic carbocycles. The van der Waals surface area contributed by atoms with E-state index in [1.54, 1.807) is 6.07 Å². The third kappa shape index (κ3) is 3.37. The molecule has 0 fully saturated rings. The van der Waals surface area contributed by atoms with Crippen LogP contribution < -0.4 is 5.32 Å². The van der Waals surface area contributed by atoms with Crippen LogP contribution in [0.25, 0.3) is 0 Å². The number of benzene rings is 1. The second-order valence-corrected chi connectivity index (χ2v) is 4.87. The highest BCUT2D eigenvalue weighted by molar-refractivity contribution is 9.10. The summed E-state index contributed by atoms with van der Waals surface area (Å²) in [4.78, 5) is 11.7. The molecule has 1 heterocycles. The fraction of sp³-hybridized carbons (Fsp3) is 0.167. The molecule has 100 valence electrons. The lowest BCUT2D eigenvalue weighted by molar-refractivity contribution is -0.115. The van der Waals surface area contributed by atoms with E-state index in [0.717, 1.165) is 5.69 Å². The van der Waals surface area contributed by atoms with E-state index in [4.69, 9.17) is 0 Å². The number of aryl methyl sites for hydroxylation is 1. The molecule has 2 aromatic rings. The molecule has 4 nitrogen and oxygen atoms in total. The molecule has 2 rings (SSSR count). The third-order valence-electron chi connectivity index (χ3n) is 2.38. The summed E-state index contributed by atoms with van der Waals surface area (Å²) in [6, 6.07) is 3.60. The number of nitrogens with one attached hydrogen (secondary N) is 2. The van der Waals surface area contributed by atoms with Crippen molar-refractivity contribution in [3.63, 3.8) is 0 Å². The van der Waals surface area contributed by atoms with Gasteiger partial charge in [-0.2, -0.15) is 5.10 Å². The van der Waals surface area contributed by atoms with Crippen LogP contribution in [-0.4, -0.2) is 16.1 Å². The zero-order valence-corrected chi connectivity index (χ0v) is 11.5. The van der Waals surface area contributed by atoms with E-state index in [0.29, 0.717) is 11.8 Å². The number of H-pyrrole nitrogens is 1. The molecule has 0 aliphatic heterocycles. The van der Waals surface area contributed by atoms with Crippen molar-refractivity contribution >= 4 is 27.5 Å². The minimum Gasteiger partial charge on any atom is -0.323 e. The first-order chi connectivity index (χ1) is 8.95. The van der Waals surface area contributed by atoms with Crippen LogP contribution in [0.3, 0.4) is 0 Å². The number of anilines is 1. The predicted octanol–water partition coefficient (Wildman–Crippen LogP) is 2.94. The summed E-state index contributed by atoms with van der Waals surface area (Å²) in [6.07, 6.45) is 0.0127. The average Bonchev–Trinajstić information content (AvgIpc) is 2.71. The second-order valence-electron chi connectivity index (χ2n) is 4.01. The van der Waals surface area contributed by atoms with E-state index in [-0.39, 0.29) is 16.6 Å². The molecule has 0 bridgehead atoms. The summed E-state index contributed by atoms with van der Waals surface area (Å²) < 4.78 is 26.6. The van der Waals surface area contributed by atoms with Gasteiger partial charge in [0.1, 0.15) is 11.6 Å². The Labute approximate surface area is 116 Å². The molecule has 0 radical (unpaired) electrons. The van der Waals surface area contributed by atoms with Crippen LogP contribution in [0.2, 0.25) is 0 Å². The lowest BCUT2D eigenvalue weighted by Crippen LogP contribution is -2.15. The van der Waals surface area contributed by atoms with Gasteiger partial charge < -0.3 is 5.32 Å². The van der Waals surface area contributed by atoms with Gasteiger partial charge in [-0.05, 0) is 35.0 Å². The molecule has 0 aliphatic rings. The number of carbonyl (C=O) groups is 1. The van der Waals surface area contributed by atoms with Crippen molar-refractivity contribution in [3.05, 3.63) is 45.7 Å². The van der Waals surface area contributed by atoms with Gasteiger partial charge in [0, 0.05) is 11.8 Å². The van der Waals surface area contributed by atoms with Crippen LogP contribution in [0.5, 0.6) is 0 Å². The molecule has 0 atom stereocenters. The standard InChI is InChI=1S/C12H10BrF2N3O/c1-6-2-7(18-17-6)3-12(19)16-11-4-8(13)9(14)5-10(11)15/h2,4-5H,3H2,1H3,(H,16,19)(H,17,18). The molecule has 1 amide bonds. The molecule has 0 unspecified atom stereocenters. The lowest BCUT2D eigenvalue weighted by atomic mass is 10.2. The molecule has 7 heteroatoms. The number of halogens is 3. The summed E-state index contributed by atoms with van der Waals surface area (Å²) in [7, 11) is 0. The highest BCUT2D eigenvalue weighted by Gasteiger charge is 2.12. The van der Waals surface area contributed by atoms with Gasteiger partial charge >= 0.3 is 0 Å². The Morgan fingerprint density at radius 3 is 2.74 bits per heavy atom. The number of hydrogen-bond acceptors (Lipinski definition) is 2. The van der Waals surface area contributed by atoms with Crippen LogP contribution in [0.15, 0.2) is 22.7 Å². The van der Waals surface area contributed by atoms with Crippen molar-refractivity contribution in [2.75, 3.05) is 5.32 Å². The Bertz CT molecular complexity index is 627. The van der Waals surface area contributed by atoms with Gasteiger partial charge in [0.2, 0.25) is 5.91 Å². The van der Waals surface area contributed by atoms with Gasteiger partial charge in [-0.25, -0.2) is 8.78 Å². The molecule has 2 N–H and O–H groups in total. The van der Waals surface area contributed by atoms with Crippen LogP contribution >= 0.6 is 15.9 Å². The van der Waals surface area contributed by atoms with Crippen molar-refractivity contribution in [1.29, 1.82) is 0 Å². The first-order valence-electron chi connectivity index (χ1n) is 5.41. The Balaban J connectivity index is 2.09. The Kier molecular flexibility index (Phi) is 3.94. The number of carbonyl (C=O) groups excluding carboxylic acids is 1. The molecular weight excluding hydrogens is 320 g/mol. The highest BCUT2D eigenvalue weighted by atomic mass is 79.9. The maximum atomic E-state index is 13.4. The molecule has 1 aromatic heterocycles. The third-order valence-corrected chi connectivity index (χ3v) is 2.99. The van der Waals surface area contributed by atoms with Gasteiger partial charge in [0.05, 0.1) is 22.3 Å². The van der Waals surface area contributed by atoms with E-state index in [1.165, 1.54) is 6.07 Å². The normalized spacial score (nSPS) is 10.5. The number of aromatic nitrogens is 2. The Hall–Kier alpha value is -1.76. The second kappa shape index (κ2) is 5.48. The molecule has 1 aromatic carbocycles. The Morgan fingerprint density at radius 1 is 1.37 bits per heavy atom. The van der Waals surface area contributed by atoms with Crippen molar-refractivity contribution < 1.29 is 13.6 Å². The number of rotatable bonds is 3. The number of nitrogens with zero attached hydrogens (tertiary/aromatic N) is 1. The fourth-order valence-corrected chi connectivity index (χ4v) is 1.89. The number of hydrogen-bond donors (Lipinski definition) is 2. The van der Waals surface area contributed by atoms with Gasteiger partial charge in [-0.3, -0.25) is 9.89 Å². The summed E-state index contributed by atoms with van der Waals surface area (Å²) in [5.41, 5.74) is 1.31. The van der Waals surface area contributed by atoms with Gasteiger partial charge in [-0.15, -0.1) is 0 Å². The summed E-state index contributed by atoms with van der Waals surface area (Å²) in [5.74, 6) is -1.98. The molecule has 19 heavy (non-hydrogen) atoms. The predicted molar refractivity (Wildman–Crippen MR) is 69.7 cm³/mol. The maximum Gasteiger partial charge on any atom is 0.230 e. The van der Waals surface area contributed by atoms with Gasteiger partial charge in [0.25, 0.3) is 0 Å². The zero-order valence-electron chi connectivity index (χ0n) is 9.93. The van der Waals surface area contributed by atoms with E-state index >= 15 is 0 Å². The zero-order chi connectivity index (χ0) is 14.0. The minimum atomic E-state index is -0.827. The smallest absolute Gasteiger partial charge is 0.230 e. The van der Waals surface area contributed by atoms with Gasteiger partial charge in [-0.1, -0.05) is 0 Å². The molecule has 0 spiro atoms. The summed E-state index contributed by atoms with van der Waals surface area (Å²) >= 11 is 2.93. The first-order valence-corrected chi connectivity index (χ1v) is 6.20. The average molecular weight is 330 g/mol. The molecule has 0 saturated heterocycles. The topological polar surface area (TPSA) is 57.8 Å². The van der Waals surface area contributed by atoms with Crippen molar-refractivity contribution in [1.82, 2.24) is 10.2 Å². The van der Waals surface area contributed by atoms with Crippen LogP contribution in [0, 0.1) is 18.6 Å². The first kappa shape index (κ1) is 13.7. The van der Waals surface area contributed by atoms with E-state index < -0.39 is 17.5 Å². The largest absolute Gasteiger partial charge is 0.323 e. The number of amides is 1. The van der Waals surface area contributed by atoms with Crippen LogP contribution in [0.1, 0.15) is 11.4 Å². The number of aromatic amines is 1. The van der Waals surface area contributed by atoms with Crippen LogP contribution in [0.4, 0.5) is 14.5 Å². The van der Waals surface area contributed by atoms with Gasteiger partial charge in [0.15, 0.2) is 0 Å². The summed E-state index contributed by atoms with van der Waals surface area (Å²) in [6.45, 7) is 1.81. The van der Waals surface area contributed by atoms with Crippen LogP contribution in [-0.2, 0) is 11.2 Å². The maximum absolute atomic E-state index is 13.4. The van der Waals surface area contributed by atoms with E-state index in [9.17, 15) is 13.6 Å². The highest BCUT2D eigenvalue weighted by Crippen LogP contribution is 2.23. The minimum absolute atomic E-state index is 0.0127. The summed E-state index contributed by atoms with van der Waals surface area (Å²) in [5, 5.41) is 8.98. The monoisotopic (exact) mass is 329 g/mol. The SMILES string of the molecule is Cc1cc(CC(=O)Nc2cc(Br)c(F)cc2F)n[nH]1. The Morgan fingerprint density at radius 2 is 2.11 bits per heavy atom. The van der Waals surface area contributed by atoms with Crippen molar-refractivity contribution in [2.45, 2.75) is 13.3 Å². The molecule has 0 saturated carbocycles.